The van der Waals surface area contributed by atoms with Crippen LogP contribution in [-0.2, 0) is 0 Å². The van der Waals surface area contributed by atoms with Crippen LogP contribution in [0.3, 0.4) is 0 Å². The molecular formula is C11H6Cl4N4O. The molecule has 9 heteroatoms. The zero-order chi connectivity index (χ0) is 14.7. The van der Waals surface area contributed by atoms with Crippen LogP contribution in [-0.4, -0.2) is 16.0 Å². The van der Waals surface area contributed by atoms with E-state index in [-0.39, 0.29) is 16.3 Å². The highest BCUT2D eigenvalue weighted by atomic mass is 35.5. The Morgan fingerprint density at radius 1 is 0.900 bits per heavy atom. The number of amides is 2. The summed E-state index contributed by atoms with van der Waals surface area (Å²) in [6.45, 7) is 0. The van der Waals surface area contributed by atoms with Gasteiger partial charge in [-0.25, -0.2) is 14.8 Å². The molecule has 2 rings (SSSR count). The third-order valence-corrected chi connectivity index (χ3v) is 2.83. The van der Waals surface area contributed by atoms with Crippen molar-refractivity contribution in [2.75, 3.05) is 10.6 Å². The Balaban J connectivity index is 2.08. The van der Waals surface area contributed by atoms with E-state index in [2.05, 4.69) is 20.6 Å². The van der Waals surface area contributed by atoms with Gasteiger partial charge in [-0.2, -0.15) is 0 Å². The van der Waals surface area contributed by atoms with E-state index in [9.17, 15) is 4.79 Å². The summed E-state index contributed by atoms with van der Waals surface area (Å²) >= 11 is 23.0. The van der Waals surface area contributed by atoms with Crippen molar-refractivity contribution >= 4 is 63.9 Å². The van der Waals surface area contributed by atoms with E-state index in [0.717, 1.165) is 0 Å². The molecule has 0 aliphatic heterocycles. The molecule has 0 spiro atoms. The van der Waals surface area contributed by atoms with Gasteiger partial charge in [-0.3, -0.25) is 5.32 Å². The number of hydrogen-bond donors (Lipinski definition) is 2. The van der Waals surface area contributed by atoms with Crippen LogP contribution in [0.2, 0.25) is 20.5 Å². The number of anilines is 2. The molecule has 0 saturated heterocycles. The first-order chi connectivity index (χ1) is 9.42. The van der Waals surface area contributed by atoms with E-state index in [1.807, 2.05) is 0 Å². The van der Waals surface area contributed by atoms with Gasteiger partial charge in [0.05, 0.1) is 0 Å². The van der Waals surface area contributed by atoms with Crippen LogP contribution in [0.25, 0.3) is 0 Å². The second-order valence-corrected chi connectivity index (χ2v) is 5.18. The van der Waals surface area contributed by atoms with Crippen LogP contribution in [0.15, 0.2) is 24.3 Å². The third kappa shape index (κ3) is 4.38. The van der Waals surface area contributed by atoms with E-state index in [1.165, 1.54) is 6.07 Å². The number of aromatic nitrogens is 2. The molecule has 20 heavy (non-hydrogen) atoms. The summed E-state index contributed by atoms with van der Waals surface area (Å²) in [5.41, 5.74) is 0.436. The van der Waals surface area contributed by atoms with Gasteiger partial charge in [0.2, 0.25) is 5.28 Å². The quantitative estimate of drug-likeness (QED) is 0.606. The smallest absolute Gasteiger partial charge is 0.308 e. The van der Waals surface area contributed by atoms with Crippen LogP contribution >= 0.6 is 46.4 Å². The van der Waals surface area contributed by atoms with Crippen molar-refractivity contribution in [3.05, 3.63) is 44.7 Å². The van der Waals surface area contributed by atoms with Gasteiger partial charge < -0.3 is 5.32 Å². The topological polar surface area (TPSA) is 66.9 Å². The largest absolute Gasteiger partial charge is 0.324 e. The highest BCUT2D eigenvalue weighted by molar-refractivity contribution is 6.35. The average Bonchev–Trinajstić information content (AvgIpc) is 2.24. The maximum Gasteiger partial charge on any atom is 0.324 e. The number of urea groups is 1. The molecular weight excluding hydrogens is 346 g/mol. The highest BCUT2D eigenvalue weighted by Crippen LogP contribution is 2.22. The van der Waals surface area contributed by atoms with E-state index in [0.29, 0.717) is 15.7 Å². The van der Waals surface area contributed by atoms with E-state index < -0.39 is 6.03 Å². The molecule has 1 aromatic heterocycles. The summed E-state index contributed by atoms with van der Waals surface area (Å²) in [6, 6.07) is 5.46. The molecule has 1 aromatic carbocycles. The second-order valence-electron chi connectivity index (χ2n) is 3.58. The number of benzene rings is 1. The first kappa shape index (κ1) is 15.1. The summed E-state index contributed by atoms with van der Waals surface area (Å²) in [6.07, 6.45) is 0. The molecule has 2 amide bonds. The second kappa shape index (κ2) is 6.45. The van der Waals surface area contributed by atoms with Gasteiger partial charge >= 0.3 is 6.03 Å². The monoisotopic (exact) mass is 350 g/mol. The predicted octanol–water partition coefficient (Wildman–Crippen LogP) is 4.73. The summed E-state index contributed by atoms with van der Waals surface area (Å²) in [5.74, 6) is 0.167. The minimum Gasteiger partial charge on any atom is -0.308 e. The summed E-state index contributed by atoms with van der Waals surface area (Å²) in [4.78, 5) is 19.2. The summed E-state index contributed by atoms with van der Waals surface area (Å²) in [5, 5.41) is 5.85. The first-order valence-electron chi connectivity index (χ1n) is 5.16. The van der Waals surface area contributed by atoms with Gasteiger partial charge in [-0.1, -0.05) is 34.8 Å². The number of nitrogens with one attached hydrogen (secondary N) is 2. The van der Waals surface area contributed by atoms with Crippen molar-refractivity contribution in [3.63, 3.8) is 0 Å². The minimum atomic E-state index is -0.547. The average molecular weight is 352 g/mol. The van der Waals surface area contributed by atoms with Crippen molar-refractivity contribution < 1.29 is 4.79 Å². The van der Waals surface area contributed by atoms with Crippen LogP contribution < -0.4 is 10.6 Å². The van der Waals surface area contributed by atoms with E-state index in [1.54, 1.807) is 18.2 Å². The van der Waals surface area contributed by atoms with Crippen molar-refractivity contribution in [1.82, 2.24) is 9.97 Å². The lowest BCUT2D eigenvalue weighted by molar-refractivity contribution is 0.262. The minimum absolute atomic E-state index is 0.0707. The third-order valence-electron chi connectivity index (χ3n) is 2.03. The molecule has 2 aromatic rings. The van der Waals surface area contributed by atoms with Crippen LogP contribution in [0.4, 0.5) is 16.3 Å². The molecule has 5 nitrogen and oxygen atoms in total. The van der Waals surface area contributed by atoms with Crippen molar-refractivity contribution in [2.24, 2.45) is 0 Å². The lowest BCUT2D eigenvalue weighted by Gasteiger charge is -2.08. The number of rotatable bonds is 2. The molecule has 2 N–H and O–H groups in total. The van der Waals surface area contributed by atoms with Gasteiger partial charge in [0.15, 0.2) is 0 Å². The molecule has 0 unspecified atom stereocenters. The lowest BCUT2D eigenvalue weighted by Crippen LogP contribution is -2.20. The fraction of sp³-hybridized carbons (Fsp3) is 0. The van der Waals surface area contributed by atoms with Crippen molar-refractivity contribution in [1.29, 1.82) is 0 Å². The Kier molecular flexibility index (Phi) is 4.88. The van der Waals surface area contributed by atoms with Gasteiger partial charge in [0.1, 0.15) is 11.0 Å². The molecule has 1 heterocycles. The van der Waals surface area contributed by atoms with E-state index >= 15 is 0 Å². The fourth-order valence-electron chi connectivity index (χ4n) is 1.36. The molecule has 0 fully saturated rings. The fourth-order valence-corrected chi connectivity index (χ4v) is 2.29. The number of carbonyl (C=O) groups excluding carboxylic acids is 1. The zero-order valence-electron chi connectivity index (χ0n) is 9.62. The molecule has 0 bridgehead atoms. The molecule has 0 aliphatic rings. The number of nitrogens with zero attached hydrogens (tertiary/aromatic N) is 2. The van der Waals surface area contributed by atoms with E-state index in [4.69, 9.17) is 46.4 Å². The SMILES string of the molecule is O=C(Nc1cc(Cl)cc(Cl)c1)Nc1cc(Cl)nc(Cl)n1. The predicted molar refractivity (Wildman–Crippen MR) is 81.2 cm³/mol. The van der Waals surface area contributed by atoms with Crippen LogP contribution in [0.5, 0.6) is 0 Å². The maximum absolute atomic E-state index is 11.8. The first-order valence-corrected chi connectivity index (χ1v) is 6.68. The normalized spacial score (nSPS) is 10.2. The summed E-state index contributed by atoms with van der Waals surface area (Å²) < 4.78 is 0. The van der Waals surface area contributed by atoms with Crippen LogP contribution in [0.1, 0.15) is 0 Å². The van der Waals surface area contributed by atoms with Gasteiger partial charge in [-0.05, 0) is 29.8 Å². The summed E-state index contributed by atoms with van der Waals surface area (Å²) in [7, 11) is 0. The molecule has 0 saturated carbocycles. The molecule has 0 atom stereocenters. The Morgan fingerprint density at radius 2 is 1.55 bits per heavy atom. The maximum atomic E-state index is 11.8. The van der Waals surface area contributed by atoms with Gasteiger partial charge in [0, 0.05) is 21.8 Å². The number of halogens is 4. The molecule has 0 radical (unpaired) electrons. The Bertz CT molecular complexity index is 569. The Hall–Kier alpha value is -1.27. The van der Waals surface area contributed by atoms with Crippen molar-refractivity contribution in [2.45, 2.75) is 0 Å². The Morgan fingerprint density at radius 3 is 2.15 bits per heavy atom. The zero-order valence-corrected chi connectivity index (χ0v) is 12.6. The highest BCUT2D eigenvalue weighted by Gasteiger charge is 2.07. The lowest BCUT2D eigenvalue weighted by atomic mass is 10.3. The number of hydrogen-bond acceptors (Lipinski definition) is 3. The number of carbonyl (C=O) groups is 1. The van der Waals surface area contributed by atoms with Gasteiger partial charge in [-0.15, -0.1) is 0 Å². The van der Waals surface area contributed by atoms with Crippen molar-refractivity contribution in [3.8, 4) is 0 Å². The molecule has 0 aliphatic carbocycles. The molecule has 104 valence electrons. The van der Waals surface area contributed by atoms with Crippen LogP contribution in [0, 0.1) is 0 Å². The van der Waals surface area contributed by atoms with Gasteiger partial charge in [0.25, 0.3) is 0 Å². The standard InChI is InChI=1S/C11H6Cl4N4O/c12-5-1-6(13)3-7(2-5)16-11(20)19-9-4-8(14)17-10(15)18-9/h1-4H,(H2,16,17,18,19,20). The Labute approximate surface area is 134 Å².